The van der Waals surface area contributed by atoms with Crippen LogP contribution in [0.15, 0.2) is 24.3 Å². The first-order valence-corrected chi connectivity index (χ1v) is 6.68. The molecule has 0 aromatic heterocycles. The maximum Gasteiger partial charge on any atom is 0.0240 e. The van der Waals surface area contributed by atoms with Crippen molar-refractivity contribution in [1.29, 1.82) is 0 Å². The van der Waals surface area contributed by atoms with Gasteiger partial charge < -0.3 is 0 Å². The van der Waals surface area contributed by atoms with Gasteiger partial charge in [-0.05, 0) is 36.4 Å². The van der Waals surface area contributed by atoms with Crippen LogP contribution < -0.4 is 0 Å². The molecule has 1 aromatic rings. The highest BCUT2D eigenvalue weighted by atomic mass is 35.5. The molecule has 1 aliphatic rings. The SMILES string of the molecule is CC(CCCl)CCN1Cc2ccccc2C1. The largest absolute Gasteiger partial charge is 0.295 e. The summed E-state index contributed by atoms with van der Waals surface area (Å²) in [6, 6.07) is 8.77. The lowest BCUT2D eigenvalue weighted by molar-refractivity contribution is 0.260. The van der Waals surface area contributed by atoms with Crippen LogP contribution in [0.1, 0.15) is 30.9 Å². The Bertz CT molecular complexity index is 312. The molecular weight excluding hydrogens is 218 g/mol. The topological polar surface area (TPSA) is 3.24 Å². The van der Waals surface area contributed by atoms with E-state index in [2.05, 4.69) is 36.1 Å². The summed E-state index contributed by atoms with van der Waals surface area (Å²) in [5.74, 6) is 1.54. The number of fused-ring (bicyclic) bond motifs is 1. The zero-order valence-corrected chi connectivity index (χ0v) is 10.7. The first-order chi connectivity index (χ1) is 7.79. The zero-order valence-electron chi connectivity index (χ0n) is 9.95. The Morgan fingerprint density at radius 3 is 2.38 bits per heavy atom. The Kier molecular flexibility index (Phi) is 4.25. The zero-order chi connectivity index (χ0) is 11.4. The van der Waals surface area contributed by atoms with Crippen molar-refractivity contribution in [3.63, 3.8) is 0 Å². The second-order valence-corrected chi connectivity index (χ2v) is 5.23. The summed E-state index contributed by atoms with van der Waals surface area (Å²) in [6.45, 7) is 5.76. The quantitative estimate of drug-likeness (QED) is 0.707. The molecule has 0 saturated heterocycles. The summed E-state index contributed by atoms with van der Waals surface area (Å²) in [6.07, 6.45) is 2.41. The smallest absolute Gasteiger partial charge is 0.0240 e. The second kappa shape index (κ2) is 5.70. The summed E-state index contributed by atoms with van der Waals surface area (Å²) in [7, 11) is 0. The van der Waals surface area contributed by atoms with E-state index in [1.54, 1.807) is 0 Å². The van der Waals surface area contributed by atoms with E-state index in [9.17, 15) is 0 Å². The van der Waals surface area contributed by atoms with Gasteiger partial charge in [-0.2, -0.15) is 0 Å². The van der Waals surface area contributed by atoms with Crippen molar-refractivity contribution in [2.45, 2.75) is 32.9 Å². The molecule has 0 bridgehead atoms. The molecule has 1 nitrogen and oxygen atoms in total. The molecule has 1 aromatic carbocycles. The normalized spacial score (nSPS) is 17.4. The number of alkyl halides is 1. The minimum absolute atomic E-state index is 0.751. The molecule has 2 rings (SSSR count). The van der Waals surface area contributed by atoms with Gasteiger partial charge in [0.2, 0.25) is 0 Å². The molecule has 0 spiro atoms. The molecule has 0 fully saturated rings. The highest BCUT2D eigenvalue weighted by Crippen LogP contribution is 2.23. The Labute approximate surface area is 103 Å². The standard InChI is InChI=1S/C14H20ClN/c1-12(6-8-15)7-9-16-10-13-4-2-3-5-14(13)11-16/h2-5,12H,6-11H2,1H3. The minimum Gasteiger partial charge on any atom is -0.295 e. The van der Waals surface area contributed by atoms with Gasteiger partial charge in [-0.1, -0.05) is 31.2 Å². The predicted octanol–water partition coefficient (Wildman–Crippen LogP) is 3.66. The molecule has 0 N–H and O–H groups in total. The number of nitrogens with zero attached hydrogens (tertiary/aromatic N) is 1. The van der Waals surface area contributed by atoms with Crippen molar-refractivity contribution in [1.82, 2.24) is 4.90 Å². The number of halogens is 1. The number of rotatable bonds is 5. The van der Waals surface area contributed by atoms with Gasteiger partial charge >= 0.3 is 0 Å². The van der Waals surface area contributed by atoms with Gasteiger partial charge in [0.05, 0.1) is 0 Å². The van der Waals surface area contributed by atoms with E-state index in [1.807, 2.05) is 0 Å². The van der Waals surface area contributed by atoms with Gasteiger partial charge in [0, 0.05) is 19.0 Å². The Hall–Kier alpha value is -0.530. The summed E-state index contributed by atoms with van der Waals surface area (Å²) in [4.78, 5) is 2.54. The van der Waals surface area contributed by atoms with E-state index in [4.69, 9.17) is 11.6 Å². The Morgan fingerprint density at radius 2 is 1.81 bits per heavy atom. The molecule has 88 valence electrons. The number of hydrogen-bond donors (Lipinski definition) is 0. The summed E-state index contributed by atoms with van der Waals surface area (Å²) >= 11 is 5.75. The van der Waals surface area contributed by atoms with E-state index < -0.39 is 0 Å². The van der Waals surface area contributed by atoms with Crippen LogP contribution >= 0.6 is 11.6 Å². The molecule has 1 atom stereocenters. The van der Waals surface area contributed by atoms with Crippen molar-refractivity contribution in [2.24, 2.45) is 5.92 Å². The third-order valence-electron chi connectivity index (χ3n) is 3.45. The lowest BCUT2D eigenvalue weighted by Gasteiger charge is -2.17. The number of hydrogen-bond acceptors (Lipinski definition) is 1. The lowest BCUT2D eigenvalue weighted by atomic mass is 10.1. The summed E-state index contributed by atoms with van der Waals surface area (Å²) in [5, 5.41) is 0. The van der Waals surface area contributed by atoms with Crippen LogP contribution in [-0.4, -0.2) is 17.3 Å². The van der Waals surface area contributed by atoms with E-state index in [-0.39, 0.29) is 0 Å². The average Bonchev–Trinajstić information content (AvgIpc) is 2.69. The molecule has 0 radical (unpaired) electrons. The highest BCUT2D eigenvalue weighted by molar-refractivity contribution is 6.17. The van der Waals surface area contributed by atoms with Crippen LogP contribution in [0.3, 0.4) is 0 Å². The Balaban J connectivity index is 1.79. The van der Waals surface area contributed by atoms with Crippen molar-refractivity contribution in [3.05, 3.63) is 35.4 Å². The molecule has 0 aliphatic carbocycles. The average molecular weight is 238 g/mol. The monoisotopic (exact) mass is 237 g/mol. The van der Waals surface area contributed by atoms with E-state index in [1.165, 1.54) is 24.1 Å². The third kappa shape index (κ3) is 2.99. The molecule has 16 heavy (non-hydrogen) atoms. The first-order valence-electron chi connectivity index (χ1n) is 6.14. The lowest BCUT2D eigenvalue weighted by Crippen LogP contribution is -2.19. The highest BCUT2D eigenvalue weighted by Gasteiger charge is 2.17. The van der Waals surface area contributed by atoms with Crippen LogP contribution in [0, 0.1) is 5.92 Å². The molecule has 2 heteroatoms. The molecule has 0 saturated carbocycles. The van der Waals surface area contributed by atoms with E-state index in [0.717, 1.165) is 31.3 Å². The van der Waals surface area contributed by atoms with Gasteiger partial charge in [0.15, 0.2) is 0 Å². The predicted molar refractivity (Wildman–Crippen MR) is 69.7 cm³/mol. The van der Waals surface area contributed by atoms with E-state index in [0.29, 0.717) is 0 Å². The number of benzene rings is 1. The van der Waals surface area contributed by atoms with Gasteiger partial charge in [-0.3, -0.25) is 4.90 Å². The summed E-state index contributed by atoms with van der Waals surface area (Å²) < 4.78 is 0. The molecule has 1 heterocycles. The minimum atomic E-state index is 0.751. The third-order valence-corrected chi connectivity index (χ3v) is 3.66. The molecular formula is C14H20ClN. The first kappa shape index (κ1) is 11.9. The van der Waals surface area contributed by atoms with Crippen molar-refractivity contribution < 1.29 is 0 Å². The van der Waals surface area contributed by atoms with Gasteiger partial charge in [0.25, 0.3) is 0 Å². The fourth-order valence-corrected chi connectivity index (χ4v) is 2.67. The van der Waals surface area contributed by atoms with Crippen molar-refractivity contribution >= 4 is 11.6 Å². The van der Waals surface area contributed by atoms with Gasteiger partial charge in [0.1, 0.15) is 0 Å². The fraction of sp³-hybridized carbons (Fsp3) is 0.571. The fourth-order valence-electron chi connectivity index (χ4n) is 2.30. The van der Waals surface area contributed by atoms with Crippen LogP contribution in [0.4, 0.5) is 0 Å². The molecule has 1 unspecified atom stereocenters. The summed E-state index contributed by atoms with van der Waals surface area (Å²) in [5.41, 5.74) is 3.01. The maximum absolute atomic E-state index is 5.75. The second-order valence-electron chi connectivity index (χ2n) is 4.85. The van der Waals surface area contributed by atoms with Crippen LogP contribution in [0.5, 0.6) is 0 Å². The Morgan fingerprint density at radius 1 is 1.19 bits per heavy atom. The molecule has 0 amide bonds. The van der Waals surface area contributed by atoms with Crippen molar-refractivity contribution in [3.8, 4) is 0 Å². The van der Waals surface area contributed by atoms with Crippen LogP contribution in [0.2, 0.25) is 0 Å². The van der Waals surface area contributed by atoms with Gasteiger partial charge in [-0.25, -0.2) is 0 Å². The maximum atomic E-state index is 5.75. The van der Waals surface area contributed by atoms with Crippen LogP contribution in [0.25, 0.3) is 0 Å². The van der Waals surface area contributed by atoms with E-state index >= 15 is 0 Å². The molecule has 1 aliphatic heterocycles. The van der Waals surface area contributed by atoms with Crippen molar-refractivity contribution in [2.75, 3.05) is 12.4 Å². The van der Waals surface area contributed by atoms with Crippen LogP contribution in [-0.2, 0) is 13.1 Å². The van der Waals surface area contributed by atoms with Gasteiger partial charge in [-0.15, -0.1) is 11.6 Å².